The van der Waals surface area contributed by atoms with Gasteiger partial charge in [0.05, 0.1) is 28.9 Å². The van der Waals surface area contributed by atoms with Gasteiger partial charge in [-0.1, -0.05) is 11.6 Å². The number of ether oxygens (including phenoxy) is 1. The second-order valence-electron chi connectivity index (χ2n) is 5.74. The normalized spacial score (nSPS) is 33.6. The van der Waals surface area contributed by atoms with Crippen molar-refractivity contribution in [2.45, 2.75) is 29.9 Å². The van der Waals surface area contributed by atoms with Crippen LogP contribution in [-0.4, -0.2) is 36.7 Å². The minimum atomic E-state index is -4.19. The molecule has 0 N–H and O–H groups in total. The zero-order valence-electron chi connectivity index (χ0n) is 11.3. The topological polar surface area (TPSA) is 80.8 Å². The molecule has 3 aliphatic heterocycles. The number of rotatable bonds is 2. The number of benzene rings is 1. The molecule has 3 fully saturated rings. The van der Waals surface area contributed by atoms with Crippen molar-refractivity contribution < 1.29 is 22.7 Å². The lowest BCUT2D eigenvalue weighted by molar-refractivity contribution is -0.136. The van der Waals surface area contributed by atoms with E-state index >= 15 is 0 Å². The van der Waals surface area contributed by atoms with E-state index in [0.29, 0.717) is 22.2 Å². The van der Waals surface area contributed by atoms with E-state index in [0.717, 1.165) is 0 Å². The van der Waals surface area contributed by atoms with Crippen molar-refractivity contribution in [3.05, 3.63) is 29.3 Å². The fourth-order valence-electron chi connectivity index (χ4n) is 3.63. The highest BCUT2D eigenvalue weighted by Crippen LogP contribution is 2.49. The quantitative estimate of drug-likeness (QED) is 0.755. The molecule has 3 aliphatic rings. The predicted molar refractivity (Wildman–Crippen MR) is 75.4 cm³/mol. The van der Waals surface area contributed by atoms with Crippen LogP contribution >= 0.6 is 11.6 Å². The van der Waals surface area contributed by atoms with Crippen molar-refractivity contribution in [1.29, 1.82) is 0 Å². The third-order valence-corrected chi connectivity index (χ3v) is 6.56. The van der Waals surface area contributed by atoms with Crippen molar-refractivity contribution in [2.24, 2.45) is 11.8 Å². The molecule has 2 bridgehead atoms. The summed E-state index contributed by atoms with van der Waals surface area (Å²) in [6, 6.07) is 5.40. The molecule has 0 saturated carbocycles. The molecule has 0 spiro atoms. The number of fused-ring (bicyclic) bond motifs is 5. The van der Waals surface area contributed by atoms with Crippen LogP contribution in [0.1, 0.15) is 12.8 Å². The van der Waals surface area contributed by atoms with E-state index in [2.05, 4.69) is 0 Å². The van der Waals surface area contributed by atoms with Crippen molar-refractivity contribution in [3.63, 3.8) is 0 Å². The van der Waals surface area contributed by atoms with Gasteiger partial charge in [-0.05, 0) is 37.1 Å². The zero-order valence-corrected chi connectivity index (χ0v) is 12.9. The van der Waals surface area contributed by atoms with Crippen LogP contribution in [0.2, 0.25) is 5.02 Å². The number of halogens is 1. The molecule has 0 aromatic heterocycles. The molecular weight excluding hydrogens is 330 g/mol. The van der Waals surface area contributed by atoms with E-state index in [1.807, 2.05) is 0 Å². The fourth-order valence-corrected chi connectivity index (χ4v) is 5.17. The number of hydrogen-bond acceptors (Lipinski definition) is 5. The minimum absolute atomic E-state index is 0.119. The maximum Gasteiger partial charge on any atom is 0.273 e. The Morgan fingerprint density at radius 1 is 1.00 bits per heavy atom. The Morgan fingerprint density at radius 2 is 1.50 bits per heavy atom. The highest BCUT2D eigenvalue weighted by Gasteiger charge is 2.64. The first-order chi connectivity index (χ1) is 10.4. The number of carbonyl (C=O) groups is 2. The monoisotopic (exact) mass is 341 g/mol. The Bertz CT molecular complexity index is 747. The number of sulfonamides is 1. The lowest BCUT2D eigenvalue weighted by Gasteiger charge is -2.17. The number of carbonyl (C=O) groups excluding carboxylic acids is 2. The second kappa shape index (κ2) is 4.53. The van der Waals surface area contributed by atoms with Gasteiger partial charge in [0, 0.05) is 5.02 Å². The van der Waals surface area contributed by atoms with E-state index < -0.39 is 33.7 Å². The lowest BCUT2D eigenvalue weighted by Crippen LogP contribution is -2.39. The van der Waals surface area contributed by atoms with E-state index in [4.69, 9.17) is 16.3 Å². The smallest absolute Gasteiger partial charge is 0.273 e. The average Bonchev–Trinajstić information content (AvgIpc) is 3.13. The largest absolute Gasteiger partial charge is 0.373 e. The Balaban J connectivity index is 1.75. The summed E-state index contributed by atoms with van der Waals surface area (Å²) < 4.78 is 31.3. The maximum absolute atomic E-state index is 12.6. The minimum Gasteiger partial charge on any atom is -0.373 e. The van der Waals surface area contributed by atoms with Gasteiger partial charge in [0.15, 0.2) is 0 Å². The van der Waals surface area contributed by atoms with Crippen molar-refractivity contribution in [2.75, 3.05) is 0 Å². The van der Waals surface area contributed by atoms with Crippen LogP contribution in [0.5, 0.6) is 0 Å². The van der Waals surface area contributed by atoms with Crippen LogP contribution in [0.3, 0.4) is 0 Å². The molecule has 8 heteroatoms. The second-order valence-corrected chi connectivity index (χ2v) is 7.96. The van der Waals surface area contributed by atoms with Gasteiger partial charge in [-0.2, -0.15) is 4.31 Å². The van der Waals surface area contributed by atoms with Crippen LogP contribution in [-0.2, 0) is 24.3 Å². The first kappa shape index (κ1) is 14.2. The van der Waals surface area contributed by atoms with Gasteiger partial charge < -0.3 is 4.74 Å². The SMILES string of the molecule is O=C1C2C3CCC(O3)C2C(=O)N1S(=O)(=O)c1ccc(Cl)cc1. The molecule has 3 heterocycles. The van der Waals surface area contributed by atoms with Gasteiger partial charge in [-0.25, -0.2) is 8.42 Å². The van der Waals surface area contributed by atoms with Crippen molar-refractivity contribution in [1.82, 2.24) is 4.31 Å². The Morgan fingerprint density at radius 3 is 2.00 bits per heavy atom. The summed E-state index contributed by atoms with van der Waals surface area (Å²) in [5.41, 5.74) is 0. The number of amides is 2. The fraction of sp³-hybridized carbons (Fsp3) is 0.429. The molecule has 6 nitrogen and oxygen atoms in total. The zero-order chi connectivity index (χ0) is 15.6. The van der Waals surface area contributed by atoms with E-state index in [9.17, 15) is 18.0 Å². The molecule has 4 atom stereocenters. The number of nitrogens with zero attached hydrogens (tertiary/aromatic N) is 1. The molecular formula is C14H12ClNO5S. The third-order valence-electron chi connectivity index (χ3n) is 4.60. The van der Waals surface area contributed by atoms with Gasteiger partial charge in [-0.15, -0.1) is 0 Å². The first-order valence-corrected chi connectivity index (χ1v) is 8.77. The van der Waals surface area contributed by atoms with Gasteiger partial charge in [0.2, 0.25) is 11.8 Å². The molecule has 4 rings (SSSR count). The summed E-state index contributed by atoms with van der Waals surface area (Å²) in [6.45, 7) is 0. The van der Waals surface area contributed by atoms with E-state index in [1.165, 1.54) is 24.3 Å². The summed E-state index contributed by atoms with van der Waals surface area (Å²) in [5.74, 6) is -2.66. The molecule has 0 radical (unpaired) electrons. The Hall–Kier alpha value is -1.44. The highest BCUT2D eigenvalue weighted by molar-refractivity contribution is 7.90. The molecule has 1 aromatic carbocycles. The van der Waals surface area contributed by atoms with E-state index in [1.54, 1.807) is 0 Å². The van der Waals surface area contributed by atoms with Gasteiger partial charge >= 0.3 is 0 Å². The van der Waals surface area contributed by atoms with Crippen LogP contribution in [0.4, 0.5) is 0 Å². The third kappa shape index (κ3) is 1.73. The van der Waals surface area contributed by atoms with Crippen LogP contribution in [0, 0.1) is 11.8 Å². The maximum atomic E-state index is 12.6. The van der Waals surface area contributed by atoms with Crippen molar-refractivity contribution in [3.8, 4) is 0 Å². The first-order valence-electron chi connectivity index (χ1n) is 6.95. The Kier molecular flexibility index (Phi) is 2.92. The number of imide groups is 1. The molecule has 0 aliphatic carbocycles. The highest BCUT2D eigenvalue weighted by atomic mass is 35.5. The Labute approximate surface area is 132 Å². The average molecular weight is 342 g/mol. The van der Waals surface area contributed by atoms with Crippen LogP contribution in [0.15, 0.2) is 29.2 Å². The van der Waals surface area contributed by atoms with Gasteiger partial charge in [-0.3, -0.25) is 9.59 Å². The van der Waals surface area contributed by atoms with Crippen LogP contribution in [0.25, 0.3) is 0 Å². The molecule has 3 saturated heterocycles. The molecule has 22 heavy (non-hydrogen) atoms. The lowest BCUT2D eigenvalue weighted by atomic mass is 9.81. The molecule has 116 valence electrons. The summed E-state index contributed by atoms with van der Waals surface area (Å²) in [4.78, 5) is 24.9. The predicted octanol–water partition coefficient (Wildman–Crippen LogP) is 1.19. The van der Waals surface area contributed by atoms with Gasteiger partial charge in [0.25, 0.3) is 10.0 Å². The van der Waals surface area contributed by atoms with Crippen molar-refractivity contribution >= 4 is 33.4 Å². The summed E-state index contributed by atoms with van der Waals surface area (Å²) in [5, 5.41) is 0.376. The molecule has 2 amide bonds. The van der Waals surface area contributed by atoms with E-state index in [-0.39, 0.29) is 17.1 Å². The van der Waals surface area contributed by atoms with Gasteiger partial charge in [0.1, 0.15) is 0 Å². The standard InChI is InChI=1S/C14H12ClNO5S/c15-7-1-3-8(4-2-7)22(19,20)16-13(17)11-9-5-6-10(21-9)12(11)14(16)18/h1-4,9-12H,5-6H2. The molecule has 1 aromatic rings. The summed E-state index contributed by atoms with van der Waals surface area (Å²) >= 11 is 5.74. The molecule has 4 unspecified atom stereocenters. The summed E-state index contributed by atoms with van der Waals surface area (Å²) in [7, 11) is -4.19. The number of hydrogen-bond donors (Lipinski definition) is 0. The summed E-state index contributed by atoms with van der Waals surface area (Å²) in [6.07, 6.45) is 0.716. The van der Waals surface area contributed by atoms with Crippen LogP contribution < -0.4 is 0 Å².